The summed E-state index contributed by atoms with van der Waals surface area (Å²) in [5.41, 5.74) is -0.944. The highest BCUT2D eigenvalue weighted by Crippen LogP contribution is 2.77. The minimum Gasteiger partial charge on any atom is -0.467 e. The van der Waals surface area contributed by atoms with Crippen molar-refractivity contribution in [1.82, 2.24) is 10.2 Å². The molecule has 2 saturated carbocycles. The van der Waals surface area contributed by atoms with Crippen molar-refractivity contribution in [2.45, 2.75) is 105 Å². The summed E-state index contributed by atoms with van der Waals surface area (Å²) in [6.45, 7) is 16.2. The summed E-state index contributed by atoms with van der Waals surface area (Å²) in [4.78, 5) is 40.8. The van der Waals surface area contributed by atoms with Gasteiger partial charge in [-0.2, -0.15) is 0 Å². The van der Waals surface area contributed by atoms with E-state index in [2.05, 4.69) is 19.2 Å². The van der Waals surface area contributed by atoms with Crippen LogP contribution in [0.15, 0.2) is 0 Å². The molecule has 0 aromatic heterocycles. The molecule has 1 N–H and O–H groups in total. The summed E-state index contributed by atoms with van der Waals surface area (Å²) < 4.78 is 10.5. The van der Waals surface area contributed by atoms with Gasteiger partial charge in [0.1, 0.15) is 17.7 Å². The second kappa shape index (κ2) is 7.63. The van der Waals surface area contributed by atoms with Gasteiger partial charge in [-0.05, 0) is 68.1 Å². The zero-order valence-corrected chi connectivity index (χ0v) is 21.4. The van der Waals surface area contributed by atoms with Crippen LogP contribution in [0.25, 0.3) is 0 Å². The monoisotopic (exact) mass is 450 g/mol. The predicted molar refractivity (Wildman–Crippen MR) is 122 cm³/mol. The zero-order valence-electron chi connectivity index (χ0n) is 21.4. The third-order valence-corrected chi connectivity index (χ3v) is 8.60. The Morgan fingerprint density at radius 1 is 1.03 bits per heavy atom. The molecule has 0 unspecified atom stereocenters. The normalized spacial score (nSPS) is 29.2. The molecule has 3 aliphatic rings. The number of esters is 1. The summed E-state index contributed by atoms with van der Waals surface area (Å²) >= 11 is 0. The van der Waals surface area contributed by atoms with Gasteiger partial charge in [-0.1, -0.05) is 41.0 Å². The summed E-state index contributed by atoms with van der Waals surface area (Å²) in [5.74, 6) is -0.633. The first-order valence-corrected chi connectivity index (χ1v) is 11.9. The molecule has 2 spiro atoms. The maximum Gasteiger partial charge on any atom is 0.408 e. The Morgan fingerprint density at radius 2 is 1.62 bits per heavy atom. The van der Waals surface area contributed by atoms with Crippen LogP contribution in [0.3, 0.4) is 0 Å². The van der Waals surface area contributed by atoms with Crippen LogP contribution in [0.5, 0.6) is 0 Å². The molecular formula is C25H42N2O5. The van der Waals surface area contributed by atoms with Gasteiger partial charge in [0, 0.05) is 6.54 Å². The maximum absolute atomic E-state index is 13.9. The van der Waals surface area contributed by atoms with Crippen LogP contribution in [-0.4, -0.2) is 54.2 Å². The highest BCUT2D eigenvalue weighted by atomic mass is 16.6. The Hall–Kier alpha value is -1.79. The number of nitrogens with zero attached hydrogens (tertiary/aromatic N) is 1. The lowest BCUT2D eigenvalue weighted by Gasteiger charge is -2.72. The third-order valence-electron chi connectivity index (χ3n) is 8.60. The molecule has 0 aromatic rings. The standard InChI is InChI=1S/C25H42N2O5/c1-21(2,3)17(26-20(30)32-22(4,5)6)18(28)27-15-25(13-16(27)19(29)31-9)14-24(11-10-12-24)23(25,7)8/h16-17H,10-15H2,1-9H3,(H,26,30)/t16-,17+,25+/m0/s1. The van der Waals surface area contributed by atoms with Crippen molar-refractivity contribution in [3.63, 3.8) is 0 Å². The van der Waals surface area contributed by atoms with E-state index >= 15 is 0 Å². The van der Waals surface area contributed by atoms with Crippen LogP contribution < -0.4 is 5.32 Å². The van der Waals surface area contributed by atoms with Crippen LogP contribution in [0.1, 0.15) is 87.5 Å². The van der Waals surface area contributed by atoms with Crippen LogP contribution in [0.2, 0.25) is 0 Å². The lowest BCUT2D eigenvalue weighted by Crippen LogP contribution is -2.66. The molecule has 2 aliphatic carbocycles. The Labute approximate surface area is 193 Å². The van der Waals surface area contributed by atoms with Crippen molar-refractivity contribution in [3.05, 3.63) is 0 Å². The van der Waals surface area contributed by atoms with Gasteiger partial charge in [0.25, 0.3) is 0 Å². The molecule has 2 amide bonds. The number of hydrogen-bond donors (Lipinski definition) is 1. The average Bonchev–Trinajstić information content (AvgIpc) is 3.01. The van der Waals surface area contributed by atoms with E-state index in [9.17, 15) is 14.4 Å². The molecule has 7 heteroatoms. The summed E-state index contributed by atoms with van der Waals surface area (Å²) in [6.07, 6.45) is 4.74. The lowest BCUT2D eigenvalue weighted by atomic mass is 9.32. The highest BCUT2D eigenvalue weighted by molar-refractivity contribution is 5.91. The molecule has 3 fully saturated rings. The number of methoxy groups -OCH3 is 1. The van der Waals surface area contributed by atoms with Gasteiger partial charge in [-0.25, -0.2) is 9.59 Å². The fourth-order valence-electron chi connectivity index (χ4n) is 6.33. The number of carbonyl (C=O) groups is 3. The van der Waals surface area contributed by atoms with Crippen LogP contribution in [0, 0.1) is 21.7 Å². The Balaban J connectivity index is 1.87. The number of hydrogen-bond acceptors (Lipinski definition) is 5. The van der Waals surface area contributed by atoms with Crippen molar-refractivity contribution in [2.75, 3.05) is 13.7 Å². The molecule has 1 aliphatic heterocycles. The SMILES string of the molecule is COC(=O)[C@@H]1C[C@]2(CN1C(=O)[C@@H](NC(=O)OC(C)(C)C)C(C)(C)C)CC1(CCC1)C2(C)C. The predicted octanol–water partition coefficient (Wildman–Crippen LogP) is 4.29. The van der Waals surface area contributed by atoms with Gasteiger partial charge in [-0.15, -0.1) is 0 Å². The van der Waals surface area contributed by atoms with Gasteiger partial charge in [0.2, 0.25) is 5.91 Å². The van der Waals surface area contributed by atoms with Crippen LogP contribution in [0.4, 0.5) is 4.79 Å². The van der Waals surface area contributed by atoms with E-state index in [0.29, 0.717) is 18.4 Å². The maximum atomic E-state index is 13.9. The van der Waals surface area contributed by atoms with E-state index in [-0.39, 0.29) is 22.7 Å². The van der Waals surface area contributed by atoms with Gasteiger partial charge in [0.15, 0.2) is 0 Å². The average molecular weight is 451 g/mol. The van der Waals surface area contributed by atoms with E-state index in [1.165, 1.54) is 26.4 Å². The van der Waals surface area contributed by atoms with Crippen LogP contribution in [-0.2, 0) is 19.1 Å². The zero-order chi connectivity index (χ0) is 24.3. The number of likely N-dealkylation sites (tertiary alicyclic amines) is 1. The number of ether oxygens (including phenoxy) is 2. The van der Waals surface area contributed by atoms with E-state index in [4.69, 9.17) is 9.47 Å². The Bertz CT molecular complexity index is 787. The number of amides is 2. The van der Waals surface area contributed by atoms with Crippen molar-refractivity contribution in [2.24, 2.45) is 21.7 Å². The molecule has 182 valence electrons. The van der Waals surface area contributed by atoms with Crippen molar-refractivity contribution in [3.8, 4) is 0 Å². The number of rotatable bonds is 3. The fourth-order valence-corrected chi connectivity index (χ4v) is 6.33. The van der Waals surface area contributed by atoms with Gasteiger partial charge < -0.3 is 19.7 Å². The van der Waals surface area contributed by atoms with Gasteiger partial charge in [-0.3, -0.25) is 4.79 Å². The van der Waals surface area contributed by atoms with E-state index in [1.807, 2.05) is 20.8 Å². The minimum atomic E-state index is -0.819. The number of alkyl carbamates (subject to hydrolysis) is 1. The molecule has 0 aromatic carbocycles. The lowest BCUT2D eigenvalue weighted by molar-refractivity contribution is -0.231. The number of nitrogens with one attached hydrogen (secondary N) is 1. The second-order valence-electron chi connectivity index (χ2n) is 12.9. The molecule has 0 bridgehead atoms. The first-order chi connectivity index (χ1) is 14.5. The van der Waals surface area contributed by atoms with Crippen molar-refractivity contribution < 1.29 is 23.9 Å². The van der Waals surface area contributed by atoms with E-state index in [1.54, 1.807) is 25.7 Å². The minimum absolute atomic E-state index is 0.0510. The van der Waals surface area contributed by atoms with Gasteiger partial charge in [0.05, 0.1) is 7.11 Å². The molecule has 1 heterocycles. The summed E-state index contributed by atoms with van der Waals surface area (Å²) in [6, 6.07) is -1.45. The molecule has 32 heavy (non-hydrogen) atoms. The summed E-state index contributed by atoms with van der Waals surface area (Å²) in [5, 5.41) is 2.79. The van der Waals surface area contributed by atoms with Crippen molar-refractivity contribution in [1.29, 1.82) is 0 Å². The topological polar surface area (TPSA) is 84.9 Å². The van der Waals surface area contributed by atoms with Gasteiger partial charge >= 0.3 is 12.1 Å². The van der Waals surface area contributed by atoms with E-state index < -0.39 is 29.2 Å². The van der Waals surface area contributed by atoms with E-state index in [0.717, 1.165) is 6.42 Å². The number of carbonyl (C=O) groups excluding carboxylic acids is 3. The fraction of sp³-hybridized carbons (Fsp3) is 0.880. The molecule has 1 saturated heterocycles. The molecular weight excluding hydrogens is 408 g/mol. The first-order valence-electron chi connectivity index (χ1n) is 11.9. The van der Waals surface area contributed by atoms with Crippen molar-refractivity contribution >= 4 is 18.0 Å². The summed E-state index contributed by atoms with van der Waals surface area (Å²) in [7, 11) is 1.37. The Morgan fingerprint density at radius 3 is 2.03 bits per heavy atom. The van der Waals surface area contributed by atoms with Crippen LogP contribution >= 0.6 is 0 Å². The third kappa shape index (κ3) is 3.90. The molecule has 3 atom stereocenters. The Kier molecular flexibility index (Phi) is 5.92. The quantitative estimate of drug-likeness (QED) is 0.649. The smallest absolute Gasteiger partial charge is 0.408 e. The second-order valence-corrected chi connectivity index (χ2v) is 12.9. The first kappa shape index (κ1) is 24.8. The molecule has 7 nitrogen and oxygen atoms in total. The molecule has 3 rings (SSSR count). The molecule has 0 radical (unpaired) electrons. The highest BCUT2D eigenvalue weighted by Gasteiger charge is 2.73. The largest absolute Gasteiger partial charge is 0.467 e.